The van der Waals surface area contributed by atoms with Crippen LogP contribution in [-0.2, 0) is 4.74 Å². The van der Waals surface area contributed by atoms with Crippen molar-refractivity contribution in [2.75, 3.05) is 38.2 Å². The number of nitriles is 1. The highest BCUT2D eigenvalue weighted by molar-refractivity contribution is 9.10. The van der Waals surface area contributed by atoms with Crippen LogP contribution in [0.25, 0.3) is 0 Å². The zero-order chi connectivity index (χ0) is 13.0. The summed E-state index contributed by atoms with van der Waals surface area (Å²) < 4.78 is 6.51. The van der Waals surface area contributed by atoms with Crippen LogP contribution in [0, 0.1) is 11.3 Å². The normalized spacial score (nSPS) is 19.3. The Bertz CT molecular complexity index is 452. The van der Waals surface area contributed by atoms with Crippen LogP contribution in [0.1, 0.15) is 5.56 Å². The Balaban J connectivity index is 2.11. The van der Waals surface area contributed by atoms with Gasteiger partial charge in [0, 0.05) is 31.2 Å². The third kappa shape index (κ3) is 3.02. The second-order valence-electron chi connectivity index (χ2n) is 4.32. The molecule has 1 heterocycles. The number of nitrogens with zero attached hydrogens (tertiary/aromatic N) is 2. The van der Waals surface area contributed by atoms with E-state index >= 15 is 0 Å². The minimum atomic E-state index is 0.175. The Hall–Kier alpha value is -1.09. The maximum Gasteiger partial charge on any atom is 0.103 e. The second-order valence-corrected chi connectivity index (χ2v) is 5.18. The molecule has 0 spiro atoms. The van der Waals surface area contributed by atoms with Gasteiger partial charge >= 0.3 is 0 Å². The van der Waals surface area contributed by atoms with Crippen LogP contribution in [0.5, 0.6) is 0 Å². The number of morpholine rings is 1. The number of nitrogens with one attached hydrogen (secondary N) is 1. The number of halogens is 1. The molecule has 1 aliphatic rings. The molecule has 1 atom stereocenters. The van der Waals surface area contributed by atoms with Crippen LogP contribution in [0.2, 0.25) is 0 Å². The molecule has 0 aromatic heterocycles. The van der Waals surface area contributed by atoms with E-state index < -0.39 is 0 Å². The summed E-state index contributed by atoms with van der Waals surface area (Å²) in [6.07, 6.45) is 0.175. The van der Waals surface area contributed by atoms with E-state index in [-0.39, 0.29) is 6.10 Å². The second kappa shape index (κ2) is 6.19. The van der Waals surface area contributed by atoms with Crippen LogP contribution in [-0.4, -0.2) is 39.4 Å². The van der Waals surface area contributed by atoms with Gasteiger partial charge < -0.3 is 15.0 Å². The van der Waals surface area contributed by atoms with Gasteiger partial charge in [0.05, 0.1) is 24.0 Å². The molecule has 1 aromatic carbocycles. The maximum absolute atomic E-state index is 9.20. The summed E-state index contributed by atoms with van der Waals surface area (Å²) in [4.78, 5) is 2.07. The molecule has 0 bridgehead atoms. The molecular formula is C13H16BrN3O. The molecule has 0 radical (unpaired) electrons. The van der Waals surface area contributed by atoms with Gasteiger partial charge in [-0.15, -0.1) is 0 Å². The van der Waals surface area contributed by atoms with Crippen LogP contribution < -0.4 is 10.2 Å². The molecule has 1 N–H and O–H groups in total. The number of anilines is 1. The lowest BCUT2D eigenvalue weighted by atomic mass is 10.1. The molecule has 0 amide bonds. The highest BCUT2D eigenvalue weighted by atomic mass is 79.9. The summed E-state index contributed by atoms with van der Waals surface area (Å²) in [6, 6.07) is 8.02. The molecule has 2 rings (SSSR count). The lowest BCUT2D eigenvalue weighted by Gasteiger charge is -2.29. The molecule has 1 aliphatic heterocycles. The van der Waals surface area contributed by atoms with Gasteiger partial charge in [-0.05, 0) is 28.1 Å². The number of hydrogen-bond donors (Lipinski definition) is 1. The zero-order valence-corrected chi connectivity index (χ0v) is 11.9. The van der Waals surface area contributed by atoms with Gasteiger partial charge in [0.2, 0.25) is 0 Å². The number of likely N-dealkylation sites (N-methyl/N-ethyl adjacent to an activating group) is 1. The quantitative estimate of drug-likeness (QED) is 0.924. The van der Waals surface area contributed by atoms with Crippen molar-refractivity contribution in [3.05, 3.63) is 28.2 Å². The minimum Gasteiger partial charge on any atom is -0.374 e. The highest BCUT2D eigenvalue weighted by Crippen LogP contribution is 2.26. The van der Waals surface area contributed by atoms with Crippen LogP contribution in [0.4, 0.5) is 5.69 Å². The van der Waals surface area contributed by atoms with Crippen molar-refractivity contribution in [1.29, 1.82) is 5.26 Å². The van der Waals surface area contributed by atoms with Crippen LogP contribution >= 0.6 is 15.9 Å². The molecular weight excluding hydrogens is 294 g/mol. The Morgan fingerprint density at radius 2 is 2.44 bits per heavy atom. The third-order valence-corrected chi connectivity index (χ3v) is 3.66. The Labute approximate surface area is 116 Å². The van der Waals surface area contributed by atoms with Crippen molar-refractivity contribution in [1.82, 2.24) is 5.32 Å². The van der Waals surface area contributed by atoms with Crippen LogP contribution in [0.3, 0.4) is 0 Å². The van der Waals surface area contributed by atoms with E-state index in [0.29, 0.717) is 5.56 Å². The van der Waals surface area contributed by atoms with Gasteiger partial charge in [0.1, 0.15) is 6.07 Å². The molecule has 96 valence electrons. The third-order valence-electron chi connectivity index (χ3n) is 3.00. The number of benzene rings is 1. The van der Waals surface area contributed by atoms with Crippen LogP contribution in [0.15, 0.2) is 22.7 Å². The van der Waals surface area contributed by atoms with Crippen molar-refractivity contribution in [3.8, 4) is 6.07 Å². The Kier molecular flexibility index (Phi) is 4.59. The predicted octanol–water partition coefficient (Wildman–Crippen LogP) is 1.75. The first kappa shape index (κ1) is 13.3. The first-order valence-corrected chi connectivity index (χ1v) is 6.73. The number of rotatable bonds is 3. The molecule has 0 aliphatic carbocycles. The fourth-order valence-electron chi connectivity index (χ4n) is 2.08. The molecule has 18 heavy (non-hydrogen) atoms. The average Bonchev–Trinajstić information content (AvgIpc) is 2.39. The largest absolute Gasteiger partial charge is 0.374 e. The van der Waals surface area contributed by atoms with E-state index in [1.54, 1.807) is 0 Å². The van der Waals surface area contributed by atoms with Gasteiger partial charge in [-0.2, -0.15) is 5.26 Å². The Morgan fingerprint density at radius 1 is 1.61 bits per heavy atom. The molecule has 1 aromatic rings. The number of ether oxygens (including phenoxy) is 1. The smallest absolute Gasteiger partial charge is 0.103 e. The van der Waals surface area contributed by atoms with Gasteiger partial charge in [-0.1, -0.05) is 6.07 Å². The van der Waals surface area contributed by atoms with E-state index in [4.69, 9.17) is 4.74 Å². The average molecular weight is 310 g/mol. The van der Waals surface area contributed by atoms with E-state index in [2.05, 4.69) is 32.2 Å². The van der Waals surface area contributed by atoms with Crippen molar-refractivity contribution in [2.45, 2.75) is 6.10 Å². The molecule has 1 fully saturated rings. The van der Waals surface area contributed by atoms with E-state index in [0.717, 1.165) is 36.4 Å². The first-order valence-electron chi connectivity index (χ1n) is 5.94. The Morgan fingerprint density at radius 3 is 3.11 bits per heavy atom. The topological polar surface area (TPSA) is 48.3 Å². The van der Waals surface area contributed by atoms with Crippen molar-refractivity contribution in [2.24, 2.45) is 0 Å². The minimum absolute atomic E-state index is 0.175. The summed E-state index contributed by atoms with van der Waals surface area (Å²) in [6.45, 7) is 3.31. The highest BCUT2D eigenvalue weighted by Gasteiger charge is 2.17. The standard InChI is InChI=1S/C13H16BrN3O/c1-17(9-10-8-16-5-6-18-10)13-4-2-3-12(14)11(13)7-15/h2-4,10,16H,5-6,8-9H2,1H3. The fraction of sp³-hybridized carbons (Fsp3) is 0.462. The molecule has 5 heteroatoms. The number of hydrogen-bond acceptors (Lipinski definition) is 4. The summed E-state index contributed by atoms with van der Waals surface area (Å²) in [5.41, 5.74) is 1.60. The lowest BCUT2D eigenvalue weighted by molar-refractivity contribution is 0.0340. The molecule has 0 saturated carbocycles. The van der Waals surface area contributed by atoms with Gasteiger partial charge in [-0.3, -0.25) is 0 Å². The van der Waals surface area contributed by atoms with Crippen molar-refractivity contribution in [3.63, 3.8) is 0 Å². The van der Waals surface area contributed by atoms with Gasteiger partial charge in [0.15, 0.2) is 0 Å². The zero-order valence-electron chi connectivity index (χ0n) is 10.3. The molecule has 1 saturated heterocycles. The predicted molar refractivity (Wildman–Crippen MR) is 74.7 cm³/mol. The van der Waals surface area contributed by atoms with Crippen molar-refractivity contribution >= 4 is 21.6 Å². The SMILES string of the molecule is CN(CC1CNCCO1)c1cccc(Br)c1C#N. The molecule has 1 unspecified atom stereocenters. The monoisotopic (exact) mass is 309 g/mol. The van der Waals surface area contributed by atoms with E-state index in [1.807, 2.05) is 25.2 Å². The van der Waals surface area contributed by atoms with E-state index in [9.17, 15) is 5.26 Å². The lowest BCUT2D eigenvalue weighted by Crippen LogP contribution is -2.44. The first-order chi connectivity index (χ1) is 8.72. The fourth-order valence-corrected chi connectivity index (χ4v) is 2.53. The van der Waals surface area contributed by atoms with Crippen molar-refractivity contribution < 1.29 is 4.74 Å². The summed E-state index contributed by atoms with van der Waals surface area (Å²) in [5, 5.41) is 12.5. The molecule has 4 nitrogen and oxygen atoms in total. The summed E-state index contributed by atoms with van der Waals surface area (Å²) >= 11 is 3.41. The summed E-state index contributed by atoms with van der Waals surface area (Å²) in [7, 11) is 1.99. The maximum atomic E-state index is 9.20. The van der Waals surface area contributed by atoms with Gasteiger partial charge in [-0.25, -0.2) is 0 Å². The summed E-state index contributed by atoms with van der Waals surface area (Å²) in [5.74, 6) is 0. The van der Waals surface area contributed by atoms with Gasteiger partial charge in [0.25, 0.3) is 0 Å². The van der Waals surface area contributed by atoms with E-state index in [1.165, 1.54) is 0 Å².